The highest BCUT2D eigenvalue weighted by molar-refractivity contribution is 5.87. The zero-order valence-corrected chi connectivity index (χ0v) is 9.25. The van der Waals surface area contributed by atoms with Crippen LogP contribution in [0.4, 0.5) is 4.39 Å². The lowest BCUT2D eigenvalue weighted by Gasteiger charge is -2.06. The molecule has 0 saturated heterocycles. The second-order valence-electron chi connectivity index (χ2n) is 3.64. The number of aromatic hydroxyl groups is 2. The third kappa shape index (κ3) is 1.75. The maximum Gasteiger partial charge on any atom is 0.356 e. The van der Waals surface area contributed by atoms with Crippen LogP contribution >= 0.6 is 0 Å². The van der Waals surface area contributed by atoms with E-state index in [0.29, 0.717) is 0 Å². The molecule has 0 aliphatic heterocycles. The van der Waals surface area contributed by atoms with Crippen LogP contribution in [0.1, 0.15) is 10.5 Å². The number of halogens is 1. The average molecular weight is 252 g/mol. The number of rotatable bonds is 2. The van der Waals surface area contributed by atoms with Gasteiger partial charge in [-0.25, -0.2) is 4.79 Å². The molecule has 0 bridgehead atoms. The lowest BCUT2D eigenvalue weighted by Crippen LogP contribution is -1.99. The van der Waals surface area contributed by atoms with Crippen LogP contribution in [-0.4, -0.2) is 31.1 Å². The largest absolute Gasteiger partial charge is 0.505 e. The summed E-state index contributed by atoms with van der Waals surface area (Å²) in [5, 5.41) is 31.1. The predicted molar refractivity (Wildman–Crippen MR) is 58.9 cm³/mol. The van der Waals surface area contributed by atoms with Crippen LogP contribution in [0.15, 0.2) is 18.2 Å². The standard InChI is InChI=1S/C11H9FN2O4/c1-14-7(4-6(13-14)11(17)18)5-2-3-8(15)9(12)10(5)16/h2-4,15-16H,1H3,(H,17,18). The van der Waals surface area contributed by atoms with Crippen molar-refractivity contribution in [2.75, 3.05) is 0 Å². The van der Waals surface area contributed by atoms with Gasteiger partial charge in [-0.05, 0) is 18.2 Å². The van der Waals surface area contributed by atoms with Crippen molar-refractivity contribution in [2.24, 2.45) is 7.05 Å². The van der Waals surface area contributed by atoms with Crippen LogP contribution in [0.3, 0.4) is 0 Å². The molecule has 6 nitrogen and oxygen atoms in total. The Bertz CT molecular complexity index is 636. The van der Waals surface area contributed by atoms with Crippen molar-refractivity contribution in [3.8, 4) is 22.8 Å². The van der Waals surface area contributed by atoms with E-state index in [1.54, 1.807) is 0 Å². The van der Waals surface area contributed by atoms with Gasteiger partial charge in [-0.3, -0.25) is 4.68 Å². The lowest BCUT2D eigenvalue weighted by molar-refractivity contribution is 0.0689. The number of aromatic carboxylic acids is 1. The van der Waals surface area contributed by atoms with Crippen molar-refractivity contribution in [1.82, 2.24) is 9.78 Å². The summed E-state index contributed by atoms with van der Waals surface area (Å²) in [7, 11) is 1.46. The number of carboxylic acid groups (broad SMARTS) is 1. The predicted octanol–water partition coefficient (Wildman–Crippen LogP) is 1.34. The Morgan fingerprint density at radius 2 is 2.06 bits per heavy atom. The lowest BCUT2D eigenvalue weighted by atomic mass is 10.1. The molecular formula is C11H9FN2O4. The third-order valence-electron chi connectivity index (χ3n) is 2.47. The molecule has 3 N–H and O–H groups in total. The fraction of sp³-hybridized carbons (Fsp3) is 0.0909. The van der Waals surface area contributed by atoms with Gasteiger partial charge in [0.1, 0.15) is 0 Å². The summed E-state index contributed by atoms with van der Waals surface area (Å²) in [4.78, 5) is 10.8. The van der Waals surface area contributed by atoms with Gasteiger partial charge in [-0.1, -0.05) is 0 Å². The third-order valence-corrected chi connectivity index (χ3v) is 2.47. The van der Waals surface area contributed by atoms with Crippen LogP contribution in [0.5, 0.6) is 11.5 Å². The molecule has 2 aromatic rings. The molecule has 18 heavy (non-hydrogen) atoms. The Morgan fingerprint density at radius 3 is 2.61 bits per heavy atom. The molecule has 0 aliphatic carbocycles. The van der Waals surface area contributed by atoms with E-state index in [1.807, 2.05) is 0 Å². The summed E-state index contributed by atoms with van der Waals surface area (Å²) in [6.07, 6.45) is 0. The van der Waals surface area contributed by atoms with Crippen LogP contribution in [0, 0.1) is 5.82 Å². The minimum atomic E-state index is -1.23. The van der Waals surface area contributed by atoms with Crippen LogP contribution in [-0.2, 0) is 7.05 Å². The fourth-order valence-corrected chi connectivity index (χ4v) is 1.58. The van der Waals surface area contributed by atoms with Crippen molar-refractivity contribution in [3.05, 3.63) is 29.7 Å². The zero-order valence-electron chi connectivity index (χ0n) is 9.25. The molecule has 0 saturated carbocycles. The maximum atomic E-state index is 13.3. The van der Waals surface area contributed by atoms with Crippen molar-refractivity contribution in [3.63, 3.8) is 0 Å². The highest BCUT2D eigenvalue weighted by Crippen LogP contribution is 2.35. The van der Waals surface area contributed by atoms with Gasteiger partial charge in [0.15, 0.2) is 17.2 Å². The second-order valence-corrected chi connectivity index (χ2v) is 3.64. The quantitative estimate of drug-likeness (QED) is 0.749. The SMILES string of the molecule is Cn1nc(C(=O)O)cc1-c1ccc(O)c(F)c1O. The highest BCUT2D eigenvalue weighted by Gasteiger charge is 2.18. The molecule has 0 amide bonds. The minimum Gasteiger partial charge on any atom is -0.505 e. The van der Waals surface area contributed by atoms with Crippen molar-refractivity contribution < 1.29 is 24.5 Å². The number of benzene rings is 1. The number of hydrogen-bond donors (Lipinski definition) is 3. The molecule has 0 spiro atoms. The van der Waals surface area contributed by atoms with Crippen molar-refractivity contribution in [1.29, 1.82) is 0 Å². The molecular weight excluding hydrogens is 243 g/mol. The Kier molecular flexibility index (Phi) is 2.66. The number of aromatic nitrogens is 2. The Morgan fingerprint density at radius 1 is 1.39 bits per heavy atom. The molecule has 0 aliphatic rings. The Hall–Kier alpha value is -2.57. The first-order valence-corrected chi connectivity index (χ1v) is 4.90. The number of carboxylic acids is 1. The number of hydrogen-bond acceptors (Lipinski definition) is 4. The molecule has 1 heterocycles. The van der Waals surface area contributed by atoms with E-state index in [9.17, 15) is 14.3 Å². The van der Waals surface area contributed by atoms with E-state index >= 15 is 0 Å². The highest BCUT2D eigenvalue weighted by atomic mass is 19.1. The van der Waals surface area contributed by atoms with Gasteiger partial charge in [-0.15, -0.1) is 0 Å². The summed E-state index contributed by atoms with van der Waals surface area (Å²) >= 11 is 0. The molecule has 94 valence electrons. The molecule has 0 fully saturated rings. The fourth-order valence-electron chi connectivity index (χ4n) is 1.58. The Balaban J connectivity index is 2.62. The smallest absolute Gasteiger partial charge is 0.356 e. The van der Waals surface area contributed by atoms with Gasteiger partial charge in [0.05, 0.1) is 5.69 Å². The molecule has 2 rings (SSSR count). The first-order valence-electron chi connectivity index (χ1n) is 4.90. The first kappa shape index (κ1) is 11.9. The van der Waals surface area contributed by atoms with E-state index in [-0.39, 0.29) is 17.0 Å². The zero-order chi connectivity index (χ0) is 13.4. The summed E-state index contributed by atoms with van der Waals surface area (Å²) < 4.78 is 14.5. The van der Waals surface area contributed by atoms with Crippen molar-refractivity contribution in [2.45, 2.75) is 0 Å². The molecule has 0 unspecified atom stereocenters. The molecule has 0 radical (unpaired) electrons. The van der Waals surface area contributed by atoms with Crippen LogP contribution in [0.25, 0.3) is 11.3 Å². The average Bonchev–Trinajstić information content (AvgIpc) is 2.69. The molecule has 1 aromatic heterocycles. The van der Waals surface area contributed by atoms with Gasteiger partial charge in [0, 0.05) is 12.6 Å². The van der Waals surface area contributed by atoms with Gasteiger partial charge < -0.3 is 15.3 Å². The number of phenols is 2. The first-order chi connectivity index (χ1) is 8.41. The maximum absolute atomic E-state index is 13.3. The second kappa shape index (κ2) is 4.02. The number of phenolic OH excluding ortho intramolecular Hbond substituents is 2. The summed E-state index contributed by atoms with van der Waals surface area (Å²) in [6, 6.07) is 3.54. The van der Waals surface area contributed by atoms with Gasteiger partial charge in [0.25, 0.3) is 0 Å². The summed E-state index contributed by atoms with van der Waals surface area (Å²) in [6.45, 7) is 0. The van der Waals surface area contributed by atoms with Gasteiger partial charge in [-0.2, -0.15) is 9.49 Å². The summed E-state index contributed by atoms with van der Waals surface area (Å²) in [5.74, 6) is -3.83. The monoisotopic (exact) mass is 252 g/mol. The topological polar surface area (TPSA) is 95.6 Å². The molecule has 0 atom stereocenters. The van der Waals surface area contributed by atoms with Crippen LogP contribution in [0.2, 0.25) is 0 Å². The van der Waals surface area contributed by atoms with E-state index in [4.69, 9.17) is 10.2 Å². The van der Waals surface area contributed by atoms with E-state index in [0.717, 1.165) is 6.07 Å². The number of carbonyl (C=O) groups is 1. The van der Waals surface area contributed by atoms with E-state index < -0.39 is 23.3 Å². The number of aryl methyl sites for hydroxylation is 1. The molecule has 7 heteroatoms. The normalized spacial score (nSPS) is 10.6. The van der Waals surface area contributed by atoms with Gasteiger partial charge >= 0.3 is 5.97 Å². The Labute approximate surface area is 101 Å². The number of nitrogens with zero attached hydrogens (tertiary/aromatic N) is 2. The van der Waals surface area contributed by atoms with E-state index in [2.05, 4.69) is 5.10 Å². The minimum absolute atomic E-state index is 0.0489. The van der Waals surface area contributed by atoms with Crippen LogP contribution < -0.4 is 0 Å². The molecule has 1 aromatic carbocycles. The van der Waals surface area contributed by atoms with Crippen molar-refractivity contribution >= 4 is 5.97 Å². The van der Waals surface area contributed by atoms with E-state index in [1.165, 1.54) is 23.9 Å². The summed E-state index contributed by atoms with van der Waals surface area (Å²) in [5.41, 5.74) is 0.0528. The van der Waals surface area contributed by atoms with Gasteiger partial charge in [0.2, 0.25) is 5.82 Å².